The largest absolute Gasteiger partial charge is 0.454 e. The first kappa shape index (κ1) is 31.8. The van der Waals surface area contributed by atoms with Crippen molar-refractivity contribution in [3.05, 3.63) is 108 Å². The number of para-hydroxylation sites is 1. The second-order valence-corrected chi connectivity index (χ2v) is 13.5. The van der Waals surface area contributed by atoms with E-state index in [9.17, 15) is 4.39 Å². The van der Waals surface area contributed by atoms with E-state index in [0.717, 1.165) is 107 Å². The maximum Gasteiger partial charge on any atom is 0.231 e. The highest BCUT2D eigenvalue weighted by atomic mass is 19.1. The molecule has 0 bridgehead atoms. The summed E-state index contributed by atoms with van der Waals surface area (Å²) < 4.78 is 36.6. The number of rotatable bonds is 11. The topological polar surface area (TPSA) is 49.9 Å². The highest BCUT2D eigenvalue weighted by Crippen LogP contribution is 2.39. The number of hydrogen-bond acceptors (Lipinski definition) is 8. The van der Waals surface area contributed by atoms with Crippen LogP contribution in [0.2, 0.25) is 0 Å². The number of anilines is 2. The van der Waals surface area contributed by atoms with Gasteiger partial charge in [0.05, 0.1) is 0 Å². The summed E-state index contributed by atoms with van der Waals surface area (Å²) in [6, 6.07) is 30.9. The SMILES string of the molecule is Fc1ccc(N2CCN(C(CCc3ccc4c(c3)OCO4)C(CCN3CCN(c4ccccc4)CC3)c3ccc4c(c3)OCO4)CC2)cc1. The summed E-state index contributed by atoms with van der Waals surface area (Å²) in [4.78, 5) is 10.2. The standard InChI is InChI=1S/C40H45FN4O4/c41-32-9-11-34(12-10-32)44-22-24-45(25-23-44)36(13-6-30-7-14-37-39(26-30)48-28-46-37)35(31-8-15-38-40(27-31)49-29-47-38)16-17-42-18-20-43(21-19-42)33-4-2-1-3-5-33/h1-5,7-12,14-15,26-27,35-36H,6,13,16-25,28-29H2. The summed E-state index contributed by atoms with van der Waals surface area (Å²) in [6.07, 6.45) is 3.00. The lowest BCUT2D eigenvalue weighted by molar-refractivity contribution is 0.138. The minimum Gasteiger partial charge on any atom is -0.454 e. The molecule has 2 saturated heterocycles. The monoisotopic (exact) mass is 664 g/mol. The van der Waals surface area contributed by atoms with E-state index in [-0.39, 0.29) is 19.4 Å². The van der Waals surface area contributed by atoms with E-state index in [4.69, 9.17) is 18.9 Å². The van der Waals surface area contributed by atoms with Crippen LogP contribution in [-0.4, -0.2) is 88.3 Å². The molecular formula is C40H45FN4O4. The fraction of sp³-hybridized carbons (Fsp3) is 0.400. The van der Waals surface area contributed by atoms with Crippen molar-refractivity contribution in [1.29, 1.82) is 0 Å². The Balaban J connectivity index is 1.03. The Morgan fingerprint density at radius 1 is 0.571 bits per heavy atom. The van der Waals surface area contributed by atoms with Gasteiger partial charge in [-0.2, -0.15) is 0 Å². The second-order valence-electron chi connectivity index (χ2n) is 13.5. The lowest BCUT2D eigenvalue weighted by atomic mass is 9.83. The number of aryl methyl sites for hydroxylation is 1. The lowest BCUT2D eigenvalue weighted by Gasteiger charge is -2.44. The van der Waals surface area contributed by atoms with Crippen molar-refractivity contribution in [2.45, 2.75) is 31.2 Å². The zero-order chi connectivity index (χ0) is 33.0. The summed E-state index contributed by atoms with van der Waals surface area (Å²) >= 11 is 0. The molecule has 4 aromatic carbocycles. The molecule has 0 N–H and O–H groups in total. The summed E-state index contributed by atoms with van der Waals surface area (Å²) in [5.41, 5.74) is 4.97. The molecule has 2 atom stereocenters. The molecule has 2 unspecified atom stereocenters. The molecule has 49 heavy (non-hydrogen) atoms. The number of ether oxygens (including phenoxy) is 4. The molecule has 0 amide bonds. The Kier molecular flexibility index (Phi) is 9.44. The normalized spacial score (nSPS) is 18.9. The average molecular weight is 665 g/mol. The molecule has 4 heterocycles. The molecule has 2 fully saturated rings. The Bertz CT molecular complexity index is 1690. The molecule has 0 radical (unpaired) electrons. The van der Waals surface area contributed by atoms with Crippen LogP contribution in [0.4, 0.5) is 15.8 Å². The van der Waals surface area contributed by atoms with Gasteiger partial charge in [-0.15, -0.1) is 0 Å². The molecule has 0 aromatic heterocycles. The highest BCUT2D eigenvalue weighted by molar-refractivity contribution is 5.49. The van der Waals surface area contributed by atoms with Crippen LogP contribution in [0.1, 0.15) is 29.9 Å². The van der Waals surface area contributed by atoms with Crippen molar-refractivity contribution >= 4 is 11.4 Å². The smallest absolute Gasteiger partial charge is 0.231 e. The summed E-state index contributed by atoms with van der Waals surface area (Å²) in [5.74, 6) is 3.43. The third-order valence-electron chi connectivity index (χ3n) is 10.7. The maximum atomic E-state index is 13.7. The van der Waals surface area contributed by atoms with Crippen LogP contribution in [0.15, 0.2) is 91.0 Å². The van der Waals surface area contributed by atoms with Crippen LogP contribution in [0.25, 0.3) is 0 Å². The van der Waals surface area contributed by atoms with Crippen molar-refractivity contribution in [1.82, 2.24) is 9.80 Å². The first-order valence-corrected chi connectivity index (χ1v) is 17.7. The van der Waals surface area contributed by atoms with Gasteiger partial charge in [0.15, 0.2) is 23.0 Å². The summed E-state index contributed by atoms with van der Waals surface area (Å²) in [5, 5.41) is 0. The molecule has 0 spiro atoms. The van der Waals surface area contributed by atoms with Crippen molar-refractivity contribution in [2.75, 3.05) is 82.3 Å². The van der Waals surface area contributed by atoms with Crippen LogP contribution in [0.3, 0.4) is 0 Å². The van der Waals surface area contributed by atoms with E-state index < -0.39 is 0 Å². The quantitative estimate of drug-likeness (QED) is 0.183. The predicted molar refractivity (Wildman–Crippen MR) is 190 cm³/mol. The van der Waals surface area contributed by atoms with E-state index in [1.54, 1.807) is 12.1 Å². The molecule has 256 valence electrons. The van der Waals surface area contributed by atoms with Gasteiger partial charge >= 0.3 is 0 Å². The van der Waals surface area contributed by atoms with Gasteiger partial charge in [0.1, 0.15) is 5.82 Å². The van der Waals surface area contributed by atoms with Gasteiger partial charge in [0.25, 0.3) is 0 Å². The van der Waals surface area contributed by atoms with Crippen LogP contribution < -0.4 is 28.7 Å². The molecule has 8 rings (SSSR count). The predicted octanol–water partition coefficient (Wildman–Crippen LogP) is 6.40. The van der Waals surface area contributed by atoms with Crippen LogP contribution in [-0.2, 0) is 6.42 Å². The Labute approximate surface area is 288 Å². The van der Waals surface area contributed by atoms with Crippen LogP contribution >= 0.6 is 0 Å². The second kappa shape index (κ2) is 14.6. The highest BCUT2D eigenvalue weighted by Gasteiger charge is 2.33. The van der Waals surface area contributed by atoms with Gasteiger partial charge in [-0.05, 0) is 97.6 Å². The molecule has 0 saturated carbocycles. The molecule has 0 aliphatic carbocycles. The first-order chi connectivity index (χ1) is 24.2. The molecule has 4 aromatic rings. The molecule has 4 aliphatic rings. The van der Waals surface area contributed by atoms with Gasteiger partial charge in [0, 0.05) is 75.7 Å². The third-order valence-corrected chi connectivity index (χ3v) is 10.7. The van der Waals surface area contributed by atoms with Crippen molar-refractivity contribution < 1.29 is 23.3 Å². The first-order valence-electron chi connectivity index (χ1n) is 17.7. The minimum absolute atomic E-state index is 0.195. The van der Waals surface area contributed by atoms with Gasteiger partial charge < -0.3 is 28.7 Å². The Morgan fingerprint density at radius 3 is 1.90 bits per heavy atom. The van der Waals surface area contributed by atoms with Crippen molar-refractivity contribution in [2.24, 2.45) is 0 Å². The number of halogens is 1. The number of hydrogen-bond donors (Lipinski definition) is 0. The lowest BCUT2D eigenvalue weighted by Crippen LogP contribution is -2.52. The van der Waals surface area contributed by atoms with Gasteiger partial charge in [0.2, 0.25) is 13.6 Å². The Hall–Kier alpha value is -4.47. The van der Waals surface area contributed by atoms with E-state index in [2.05, 4.69) is 80.3 Å². The average Bonchev–Trinajstić information content (AvgIpc) is 3.83. The Morgan fingerprint density at radius 2 is 1.18 bits per heavy atom. The van der Waals surface area contributed by atoms with E-state index in [1.807, 2.05) is 18.2 Å². The molecule has 4 aliphatic heterocycles. The molecular weight excluding hydrogens is 619 g/mol. The fourth-order valence-electron chi connectivity index (χ4n) is 7.93. The fourth-order valence-corrected chi connectivity index (χ4v) is 7.93. The van der Waals surface area contributed by atoms with Gasteiger partial charge in [-0.25, -0.2) is 4.39 Å². The number of nitrogens with zero attached hydrogens (tertiary/aromatic N) is 4. The molecule has 9 heteroatoms. The summed E-state index contributed by atoms with van der Waals surface area (Å²) in [6.45, 7) is 9.48. The third kappa shape index (κ3) is 7.28. The number of benzene rings is 4. The zero-order valence-corrected chi connectivity index (χ0v) is 28.0. The minimum atomic E-state index is -0.195. The van der Waals surface area contributed by atoms with Crippen LogP contribution in [0.5, 0.6) is 23.0 Å². The van der Waals surface area contributed by atoms with E-state index >= 15 is 0 Å². The zero-order valence-electron chi connectivity index (χ0n) is 28.0. The van der Waals surface area contributed by atoms with E-state index in [0.29, 0.717) is 12.0 Å². The summed E-state index contributed by atoms with van der Waals surface area (Å²) in [7, 11) is 0. The number of fused-ring (bicyclic) bond motifs is 2. The van der Waals surface area contributed by atoms with Crippen molar-refractivity contribution in [3.63, 3.8) is 0 Å². The van der Waals surface area contributed by atoms with Gasteiger partial charge in [-0.3, -0.25) is 9.80 Å². The van der Waals surface area contributed by atoms with Crippen molar-refractivity contribution in [3.8, 4) is 23.0 Å². The van der Waals surface area contributed by atoms with E-state index in [1.165, 1.54) is 16.8 Å². The maximum absolute atomic E-state index is 13.7. The van der Waals surface area contributed by atoms with Crippen LogP contribution in [0, 0.1) is 5.82 Å². The van der Waals surface area contributed by atoms with Gasteiger partial charge in [-0.1, -0.05) is 30.3 Å². The molecule has 8 nitrogen and oxygen atoms in total. The number of piperazine rings is 2.